The zero-order chi connectivity index (χ0) is 8.97. The normalized spacial score (nSPS) is 13.4. The summed E-state index contributed by atoms with van der Waals surface area (Å²) in [7, 11) is 0. The Morgan fingerprint density at radius 2 is 2.42 bits per heavy atom. The Morgan fingerprint density at radius 3 is 2.92 bits per heavy atom. The van der Waals surface area contributed by atoms with Crippen LogP contribution in [0.15, 0.2) is 28.9 Å². The first-order valence-corrected chi connectivity index (χ1v) is 3.33. The van der Waals surface area contributed by atoms with Crippen molar-refractivity contribution in [1.82, 2.24) is 0 Å². The Balaban J connectivity index is 2.56. The van der Waals surface area contributed by atoms with Gasteiger partial charge in [-0.2, -0.15) is 0 Å². The highest BCUT2D eigenvalue weighted by atomic mass is 16.4. The fourth-order valence-corrected chi connectivity index (χ4v) is 0.654. The van der Waals surface area contributed by atoms with Crippen LogP contribution < -0.4 is 0 Å². The predicted octanol–water partition coefficient (Wildman–Crippen LogP) is 0.738. The summed E-state index contributed by atoms with van der Waals surface area (Å²) < 4.78 is 4.87. The molecule has 1 atom stereocenters. The zero-order valence-electron chi connectivity index (χ0n) is 6.18. The van der Waals surface area contributed by atoms with Crippen molar-refractivity contribution in [3.05, 3.63) is 30.2 Å². The molecule has 1 aromatic heterocycles. The summed E-state index contributed by atoms with van der Waals surface area (Å²) in [5.74, 6) is -0.770. The number of aliphatic hydroxyl groups is 1. The lowest BCUT2D eigenvalue weighted by molar-refractivity contribution is -0.143. The number of carbonyl (C=O) groups is 1. The molecular weight excluding hydrogens is 160 g/mol. The van der Waals surface area contributed by atoms with Crippen molar-refractivity contribution in [2.45, 2.75) is 6.10 Å². The number of hydrogen-bond acceptors (Lipinski definition) is 3. The molecule has 0 fully saturated rings. The molecule has 64 valence electrons. The molecule has 1 aromatic rings. The summed E-state index contributed by atoms with van der Waals surface area (Å²) in [4.78, 5) is 10.1. The molecule has 4 heteroatoms. The molecule has 0 amide bonds. The van der Waals surface area contributed by atoms with E-state index in [-0.39, 0.29) is 0 Å². The van der Waals surface area contributed by atoms with Gasteiger partial charge >= 0.3 is 5.97 Å². The quantitative estimate of drug-likeness (QED) is 0.698. The SMILES string of the molecule is O=C(O)[C@@H](O)/C=C/c1ccco1. The lowest BCUT2D eigenvalue weighted by Crippen LogP contribution is -2.15. The smallest absolute Gasteiger partial charge is 0.336 e. The second-order valence-corrected chi connectivity index (χ2v) is 2.16. The molecule has 0 saturated heterocycles. The van der Waals surface area contributed by atoms with Gasteiger partial charge in [-0.25, -0.2) is 4.79 Å². The van der Waals surface area contributed by atoms with Crippen LogP contribution in [0.25, 0.3) is 6.08 Å². The van der Waals surface area contributed by atoms with Crippen LogP contribution >= 0.6 is 0 Å². The van der Waals surface area contributed by atoms with E-state index in [1.807, 2.05) is 0 Å². The number of carboxylic acid groups (broad SMARTS) is 1. The van der Waals surface area contributed by atoms with Gasteiger partial charge < -0.3 is 14.6 Å². The average molecular weight is 168 g/mol. The van der Waals surface area contributed by atoms with Gasteiger partial charge in [0, 0.05) is 0 Å². The summed E-state index contributed by atoms with van der Waals surface area (Å²) in [6, 6.07) is 3.33. The van der Waals surface area contributed by atoms with Crippen LogP contribution in [0, 0.1) is 0 Å². The first kappa shape index (κ1) is 8.55. The van der Waals surface area contributed by atoms with E-state index in [0.717, 1.165) is 6.08 Å². The molecular formula is C8H8O4. The Labute approximate surface area is 68.7 Å². The van der Waals surface area contributed by atoms with Crippen molar-refractivity contribution >= 4 is 12.0 Å². The van der Waals surface area contributed by atoms with Gasteiger partial charge in [0.2, 0.25) is 0 Å². The van der Waals surface area contributed by atoms with E-state index in [1.54, 1.807) is 12.1 Å². The Morgan fingerprint density at radius 1 is 1.67 bits per heavy atom. The third-order valence-corrected chi connectivity index (χ3v) is 1.24. The van der Waals surface area contributed by atoms with Crippen LogP contribution in [-0.4, -0.2) is 22.3 Å². The zero-order valence-corrected chi connectivity index (χ0v) is 6.18. The molecule has 0 aromatic carbocycles. The maximum absolute atomic E-state index is 10.1. The fraction of sp³-hybridized carbons (Fsp3) is 0.125. The van der Waals surface area contributed by atoms with Gasteiger partial charge in [0.15, 0.2) is 6.10 Å². The molecule has 0 saturated carbocycles. The van der Waals surface area contributed by atoms with Crippen molar-refractivity contribution in [2.24, 2.45) is 0 Å². The number of hydrogen-bond donors (Lipinski definition) is 2. The highest BCUT2D eigenvalue weighted by Gasteiger charge is 2.07. The van der Waals surface area contributed by atoms with Crippen LogP contribution in [-0.2, 0) is 4.79 Å². The molecule has 0 radical (unpaired) electrons. The van der Waals surface area contributed by atoms with Crippen molar-refractivity contribution in [1.29, 1.82) is 0 Å². The van der Waals surface area contributed by atoms with E-state index in [2.05, 4.69) is 0 Å². The van der Waals surface area contributed by atoms with Crippen LogP contribution in [0.1, 0.15) is 5.76 Å². The summed E-state index contributed by atoms with van der Waals surface area (Å²) in [5.41, 5.74) is 0. The number of furan rings is 1. The average Bonchev–Trinajstić information content (AvgIpc) is 2.51. The summed E-state index contributed by atoms with van der Waals surface area (Å²) in [5, 5.41) is 17.1. The molecule has 0 bridgehead atoms. The monoisotopic (exact) mass is 168 g/mol. The van der Waals surface area contributed by atoms with Gasteiger partial charge in [-0.05, 0) is 24.3 Å². The lowest BCUT2D eigenvalue weighted by Gasteiger charge is -1.94. The maximum Gasteiger partial charge on any atom is 0.336 e. The lowest BCUT2D eigenvalue weighted by atomic mass is 10.3. The van der Waals surface area contributed by atoms with Crippen LogP contribution in [0.3, 0.4) is 0 Å². The molecule has 0 aliphatic rings. The third-order valence-electron chi connectivity index (χ3n) is 1.24. The van der Waals surface area contributed by atoms with Gasteiger partial charge in [0.05, 0.1) is 6.26 Å². The fourth-order valence-electron chi connectivity index (χ4n) is 0.654. The van der Waals surface area contributed by atoms with Gasteiger partial charge in [-0.15, -0.1) is 0 Å². The molecule has 1 rings (SSSR count). The second-order valence-electron chi connectivity index (χ2n) is 2.16. The Kier molecular flexibility index (Phi) is 2.66. The topological polar surface area (TPSA) is 70.7 Å². The standard InChI is InChI=1S/C8H8O4/c9-7(8(10)11)4-3-6-2-1-5-12-6/h1-5,7,9H,(H,10,11)/b4-3+/t7-/m0/s1. The van der Waals surface area contributed by atoms with Gasteiger partial charge in [-0.1, -0.05) is 0 Å². The molecule has 0 unspecified atom stereocenters. The number of carboxylic acids is 1. The second kappa shape index (κ2) is 3.73. The van der Waals surface area contributed by atoms with E-state index >= 15 is 0 Å². The van der Waals surface area contributed by atoms with E-state index in [0.29, 0.717) is 5.76 Å². The van der Waals surface area contributed by atoms with Crippen LogP contribution in [0.5, 0.6) is 0 Å². The summed E-state index contributed by atoms with van der Waals surface area (Å²) >= 11 is 0. The molecule has 0 aliphatic heterocycles. The molecule has 12 heavy (non-hydrogen) atoms. The summed E-state index contributed by atoms with van der Waals surface area (Å²) in [6.45, 7) is 0. The molecule has 0 spiro atoms. The Bertz CT molecular complexity index is 273. The molecule has 4 nitrogen and oxygen atoms in total. The van der Waals surface area contributed by atoms with Gasteiger partial charge in [0.25, 0.3) is 0 Å². The Hall–Kier alpha value is -1.55. The minimum absolute atomic E-state index is 0.510. The molecule has 2 N–H and O–H groups in total. The van der Waals surface area contributed by atoms with E-state index in [1.165, 1.54) is 12.3 Å². The highest BCUT2D eigenvalue weighted by molar-refractivity contribution is 5.75. The first-order chi connectivity index (χ1) is 5.70. The van der Waals surface area contributed by atoms with Crippen LogP contribution in [0.4, 0.5) is 0 Å². The van der Waals surface area contributed by atoms with E-state index in [4.69, 9.17) is 14.6 Å². The van der Waals surface area contributed by atoms with Crippen molar-refractivity contribution in [3.8, 4) is 0 Å². The first-order valence-electron chi connectivity index (χ1n) is 3.33. The van der Waals surface area contributed by atoms with Crippen LogP contribution in [0.2, 0.25) is 0 Å². The molecule has 1 heterocycles. The highest BCUT2D eigenvalue weighted by Crippen LogP contribution is 2.02. The number of rotatable bonds is 3. The van der Waals surface area contributed by atoms with E-state index < -0.39 is 12.1 Å². The van der Waals surface area contributed by atoms with Crippen molar-refractivity contribution < 1.29 is 19.4 Å². The van der Waals surface area contributed by atoms with Gasteiger partial charge in [-0.3, -0.25) is 0 Å². The third kappa shape index (κ3) is 2.25. The van der Waals surface area contributed by atoms with Gasteiger partial charge in [0.1, 0.15) is 5.76 Å². The minimum atomic E-state index is -1.48. The number of aliphatic hydroxyl groups excluding tert-OH is 1. The van der Waals surface area contributed by atoms with E-state index in [9.17, 15) is 4.79 Å². The summed E-state index contributed by atoms with van der Waals surface area (Å²) in [6.07, 6.45) is 2.53. The minimum Gasteiger partial charge on any atom is -0.479 e. The largest absolute Gasteiger partial charge is 0.479 e. The van der Waals surface area contributed by atoms with Crippen molar-refractivity contribution in [3.63, 3.8) is 0 Å². The molecule has 0 aliphatic carbocycles. The number of aliphatic carboxylic acids is 1. The maximum atomic E-state index is 10.1. The predicted molar refractivity (Wildman–Crippen MR) is 41.4 cm³/mol. The van der Waals surface area contributed by atoms with Crippen molar-refractivity contribution in [2.75, 3.05) is 0 Å².